The maximum atomic E-state index is 12.2. The molecule has 0 spiro atoms. The van der Waals surface area contributed by atoms with E-state index in [1.54, 1.807) is 0 Å². The number of carbonyl (C=O) groups excluding carboxylic acids is 1. The Morgan fingerprint density at radius 1 is 1.48 bits per heavy atom. The van der Waals surface area contributed by atoms with Gasteiger partial charge in [-0.15, -0.1) is 12.4 Å². The SMILES string of the molecule is Cc1cc(OCCCC(=O)N2CCC(C)(CN)C2)ccc1Cl.Cl. The zero-order valence-electron chi connectivity index (χ0n) is 13.8. The first kappa shape index (κ1) is 20.1. The van der Waals surface area contributed by atoms with Gasteiger partial charge in [0.15, 0.2) is 0 Å². The lowest BCUT2D eigenvalue weighted by atomic mass is 9.90. The summed E-state index contributed by atoms with van der Waals surface area (Å²) >= 11 is 5.98. The molecule has 1 fully saturated rings. The summed E-state index contributed by atoms with van der Waals surface area (Å²) in [5.74, 6) is 0.999. The summed E-state index contributed by atoms with van der Waals surface area (Å²) in [5.41, 5.74) is 6.86. The third-order valence-electron chi connectivity index (χ3n) is 4.34. The molecule has 2 N–H and O–H groups in total. The molecule has 0 bridgehead atoms. The van der Waals surface area contributed by atoms with Crippen LogP contribution in [0.1, 0.15) is 31.7 Å². The molecule has 1 atom stereocenters. The van der Waals surface area contributed by atoms with Gasteiger partial charge in [0.1, 0.15) is 5.75 Å². The van der Waals surface area contributed by atoms with Gasteiger partial charge in [0, 0.05) is 24.5 Å². The lowest BCUT2D eigenvalue weighted by Crippen LogP contribution is -2.34. The van der Waals surface area contributed by atoms with Gasteiger partial charge in [-0.2, -0.15) is 0 Å². The number of hydrogen-bond acceptors (Lipinski definition) is 3. The fourth-order valence-electron chi connectivity index (χ4n) is 2.68. The Hall–Kier alpha value is -0.970. The van der Waals surface area contributed by atoms with Crippen LogP contribution in [0, 0.1) is 12.3 Å². The lowest BCUT2D eigenvalue weighted by Gasteiger charge is -2.22. The number of nitrogens with two attached hydrogens (primary N) is 1. The number of rotatable bonds is 6. The topological polar surface area (TPSA) is 55.6 Å². The van der Waals surface area contributed by atoms with Crippen molar-refractivity contribution in [2.24, 2.45) is 11.1 Å². The third-order valence-corrected chi connectivity index (χ3v) is 4.76. The number of nitrogens with zero attached hydrogens (tertiary/aromatic N) is 1. The highest BCUT2D eigenvalue weighted by Crippen LogP contribution is 2.29. The van der Waals surface area contributed by atoms with E-state index in [2.05, 4.69) is 6.92 Å². The number of carbonyl (C=O) groups is 1. The van der Waals surface area contributed by atoms with E-state index in [1.807, 2.05) is 30.0 Å². The minimum atomic E-state index is 0. The fourth-order valence-corrected chi connectivity index (χ4v) is 2.80. The van der Waals surface area contributed by atoms with Crippen molar-refractivity contribution in [3.05, 3.63) is 28.8 Å². The summed E-state index contributed by atoms with van der Waals surface area (Å²) in [6.45, 7) is 6.86. The van der Waals surface area contributed by atoms with Crippen LogP contribution in [-0.4, -0.2) is 37.0 Å². The van der Waals surface area contributed by atoms with Crippen molar-refractivity contribution < 1.29 is 9.53 Å². The fraction of sp³-hybridized carbons (Fsp3) is 0.588. The van der Waals surface area contributed by atoms with E-state index in [-0.39, 0.29) is 23.7 Å². The summed E-state index contributed by atoms with van der Waals surface area (Å²) in [7, 11) is 0. The van der Waals surface area contributed by atoms with Gasteiger partial charge in [-0.25, -0.2) is 0 Å². The maximum Gasteiger partial charge on any atom is 0.222 e. The lowest BCUT2D eigenvalue weighted by molar-refractivity contribution is -0.130. The van der Waals surface area contributed by atoms with Crippen LogP contribution in [0.5, 0.6) is 5.75 Å². The van der Waals surface area contributed by atoms with Crippen LogP contribution in [0.2, 0.25) is 5.02 Å². The Morgan fingerprint density at radius 3 is 2.83 bits per heavy atom. The smallest absolute Gasteiger partial charge is 0.222 e. The largest absolute Gasteiger partial charge is 0.494 e. The second-order valence-electron chi connectivity index (χ2n) is 6.44. The van der Waals surface area contributed by atoms with Crippen LogP contribution < -0.4 is 10.5 Å². The van der Waals surface area contributed by atoms with Gasteiger partial charge < -0.3 is 15.4 Å². The molecule has 0 radical (unpaired) electrons. The summed E-state index contributed by atoms with van der Waals surface area (Å²) < 4.78 is 5.67. The molecule has 1 aromatic carbocycles. The predicted octanol–water partition coefficient (Wildman–Crippen LogP) is 3.43. The van der Waals surface area contributed by atoms with Crippen LogP contribution >= 0.6 is 24.0 Å². The molecule has 0 aliphatic carbocycles. The Kier molecular flexibility index (Phi) is 7.65. The first-order valence-electron chi connectivity index (χ1n) is 7.80. The van der Waals surface area contributed by atoms with E-state index < -0.39 is 0 Å². The Morgan fingerprint density at radius 2 is 2.22 bits per heavy atom. The molecule has 1 unspecified atom stereocenters. The number of hydrogen-bond donors (Lipinski definition) is 1. The number of likely N-dealkylation sites (tertiary alicyclic amines) is 1. The standard InChI is InChI=1S/C17H25ClN2O2.ClH/c1-13-10-14(5-6-15(13)18)22-9-3-4-16(21)20-8-7-17(2,11-19)12-20;/h5-6,10H,3-4,7-9,11-12,19H2,1-2H3;1H. The molecule has 4 nitrogen and oxygen atoms in total. The number of ether oxygens (including phenoxy) is 1. The third kappa shape index (κ3) is 5.55. The quantitative estimate of drug-likeness (QED) is 0.790. The van der Waals surface area contributed by atoms with Crippen molar-refractivity contribution in [2.45, 2.75) is 33.1 Å². The van der Waals surface area contributed by atoms with Gasteiger partial charge in [-0.3, -0.25) is 4.79 Å². The zero-order valence-corrected chi connectivity index (χ0v) is 15.4. The average Bonchev–Trinajstić information content (AvgIpc) is 2.90. The van der Waals surface area contributed by atoms with E-state index in [0.29, 0.717) is 19.6 Å². The van der Waals surface area contributed by atoms with Gasteiger partial charge in [0.25, 0.3) is 0 Å². The van der Waals surface area contributed by atoms with E-state index in [9.17, 15) is 4.79 Å². The number of aryl methyl sites for hydroxylation is 1. The second kappa shape index (κ2) is 8.76. The summed E-state index contributed by atoms with van der Waals surface area (Å²) in [6.07, 6.45) is 2.24. The van der Waals surface area contributed by atoms with Gasteiger partial charge in [-0.1, -0.05) is 18.5 Å². The summed E-state index contributed by atoms with van der Waals surface area (Å²) in [6, 6.07) is 5.59. The number of benzene rings is 1. The van der Waals surface area contributed by atoms with Crippen molar-refractivity contribution in [1.82, 2.24) is 4.90 Å². The normalized spacial score (nSPS) is 20.3. The van der Waals surface area contributed by atoms with Crippen LogP contribution in [0.15, 0.2) is 18.2 Å². The molecule has 0 aromatic heterocycles. The van der Waals surface area contributed by atoms with Crippen LogP contribution in [-0.2, 0) is 4.79 Å². The van der Waals surface area contributed by atoms with E-state index >= 15 is 0 Å². The van der Waals surface area contributed by atoms with E-state index in [0.717, 1.165) is 42.3 Å². The minimum Gasteiger partial charge on any atom is -0.494 e. The molecule has 1 heterocycles. The zero-order chi connectivity index (χ0) is 16.2. The molecule has 23 heavy (non-hydrogen) atoms. The Balaban J connectivity index is 0.00000264. The Bertz CT molecular complexity index is 539. The van der Waals surface area contributed by atoms with Crippen molar-refractivity contribution in [3.8, 4) is 5.75 Å². The van der Waals surface area contributed by atoms with Gasteiger partial charge in [0.05, 0.1) is 6.61 Å². The highest BCUT2D eigenvalue weighted by molar-refractivity contribution is 6.31. The van der Waals surface area contributed by atoms with Gasteiger partial charge in [-0.05, 0) is 55.5 Å². The van der Waals surface area contributed by atoms with Crippen molar-refractivity contribution >= 4 is 29.9 Å². The predicted molar refractivity (Wildman–Crippen MR) is 96.5 cm³/mol. The molecule has 6 heteroatoms. The molecule has 1 aliphatic heterocycles. The van der Waals surface area contributed by atoms with Gasteiger partial charge >= 0.3 is 0 Å². The molecule has 1 aliphatic rings. The molecule has 130 valence electrons. The van der Waals surface area contributed by atoms with Crippen LogP contribution in [0.25, 0.3) is 0 Å². The molecule has 1 amide bonds. The van der Waals surface area contributed by atoms with Crippen LogP contribution in [0.3, 0.4) is 0 Å². The minimum absolute atomic E-state index is 0. The molecule has 2 rings (SSSR count). The van der Waals surface area contributed by atoms with E-state index in [4.69, 9.17) is 22.1 Å². The first-order chi connectivity index (χ1) is 10.4. The molecule has 0 saturated carbocycles. The van der Waals surface area contributed by atoms with Gasteiger partial charge in [0.2, 0.25) is 5.91 Å². The monoisotopic (exact) mass is 360 g/mol. The number of halogens is 2. The molecule has 1 saturated heterocycles. The summed E-state index contributed by atoms with van der Waals surface area (Å²) in [5, 5.41) is 0.736. The average molecular weight is 361 g/mol. The maximum absolute atomic E-state index is 12.2. The summed E-state index contributed by atoms with van der Waals surface area (Å²) in [4.78, 5) is 14.1. The Labute approximate surface area is 149 Å². The molecular formula is C17H26Cl2N2O2. The van der Waals surface area contributed by atoms with E-state index in [1.165, 1.54) is 0 Å². The first-order valence-corrected chi connectivity index (χ1v) is 8.18. The highest BCUT2D eigenvalue weighted by atomic mass is 35.5. The number of amides is 1. The second-order valence-corrected chi connectivity index (χ2v) is 6.85. The molecule has 1 aromatic rings. The van der Waals surface area contributed by atoms with Crippen molar-refractivity contribution in [2.75, 3.05) is 26.2 Å². The molecular weight excluding hydrogens is 335 g/mol. The van der Waals surface area contributed by atoms with Crippen molar-refractivity contribution in [1.29, 1.82) is 0 Å². The highest BCUT2D eigenvalue weighted by Gasteiger charge is 2.34. The van der Waals surface area contributed by atoms with Crippen LogP contribution in [0.4, 0.5) is 0 Å². The van der Waals surface area contributed by atoms with Crippen molar-refractivity contribution in [3.63, 3.8) is 0 Å².